The molecular weight excluding hydrogens is 206 g/mol. The molecule has 1 aromatic rings. The molecule has 0 aromatic heterocycles. The molecule has 1 aliphatic rings. The topological polar surface area (TPSA) is 26.0 Å². The zero-order chi connectivity index (χ0) is 12.9. The summed E-state index contributed by atoms with van der Waals surface area (Å²) in [5.41, 5.74) is 9.58. The summed E-state index contributed by atoms with van der Waals surface area (Å²) in [5.74, 6) is 0. The Hall–Kier alpha value is -0.820. The fraction of sp³-hybridized carbons (Fsp3) is 0.625. The van der Waals surface area contributed by atoms with Gasteiger partial charge in [0.15, 0.2) is 0 Å². The van der Waals surface area contributed by atoms with Crippen LogP contribution in [0.4, 0.5) is 0 Å². The van der Waals surface area contributed by atoms with Crippen LogP contribution >= 0.6 is 0 Å². The first-order valence-corrected chi connectivity index (χ1v) is 6.57. The van der Waals surface area contributed by atoms with Gasteiger partial charge in [0, 0.05) is 11.0 Å². The van der Waals surface area contributed by atoms with Gasteiger partial charge in [0.1, 0.15) is 0 Å². The monoisotopic (exact) mass is 231 g/mol. The Labute approximate surface area is 105 Å². The standard InChI is InChI=1S/C16H25N/c1-14(2,3)12-8-6-7-9-13(12)15(4,5)16(17)10-11-16/h6-9H,10-11,17H2,1-5H3. The second kappa shape index (κ2) is 3.58. The highest BCUT2D eigenvalue weighted by molar-refractivity contribution is 5.42. The number of benzene rings is 1. The summed E-state index contributed by atoms with van der Waals surface area (Å²) < 4.78 is 0. The highest BCUT2D eigenvalue weighted by Crippen LogP contribution is 2.50. The molecule has 1 aromatic carbocycles. The summed E-state index contributed by atoms with van der Waals surface area (Å²) in [5, 5.41) is 0. The third kappa shape index (κ3) is 2.01. The van der Waals surface area contributed by atoms with Crippen molar-refractivity contribution in [3.05, 3.63) is 35.4 Å². The lowest BCUT2D eigenvalue weighted by atomic mass is 9.70. The average Bonchev–Trinajstić information content (AvgIpc) is 2.97. The quantitative estimate of drug-likeness (QED) is 0.824. The highest BCUT2D eigenvalue weighted by Gasteiger charge is 2.52. The Kier molecular flexibility index (Phi) is 2.66. The molecule has 17 heavy (non-hydrogen) atoms. The number of hydrogen-bond donors (Lipinski definition) is 1. The molecule has 0 aliphatic heterocycles. The van der Waals surface area contributed by atoms with Gasteiger partial charge in [0.2, 0.25) is 0 Å². The van der Waals surface area contributed by atoms with Crippen molar-refractivity contribution in [2.75, 3.05) is 0 Å². The molecule has 2 N–H and O–H groups in total. The van der Waals surface area contributed by atoms with Crippen LogP contribution in [-0.2, 0) is 10.8 Å². The summed E-state index contributed by atoms with van der Waals surface area (Å²) in [6.45, 7) is 11.4. The molecule has 1 nitrogen and oxygen atoms in total. The van der Waals surface area contributed by atoms with E-state index in [0.717, 1.165) is 12.8 Å². The minimum absolute atomic E-state index is 0.00829. The molecule has 0 heterocycles. The van der Waals surface area contributed by atoms with Gasteiger partial charge >= 0.3 is 0 Å². The smallest absolute Gasteiger partial charge is 0.0248 e. The van der Waals surface area contributed by atoms with Crippen LogP contribution in [0.2, 0.25) is 0 Å². The van der Waals surface area contributed by atoms with Crippen molar-refractivity contribution in [3.8, 4) is 0 Å². The molecule has 0 radical (unpaired) electrons. The van der Waals surface area contributed by atoms with E-state index >= 15 is 0 Å². The molecular formula is C16H25N. The summed E-state index contributed by atoms with van der Waals surface area (Å²) in [4.78, 5) is 0. The summed E-state index contributed by atoms with van der Waals surface area (Å²) in [7, 11) is 0. The van der Waals surface area contributed by atoms with E-state index in [0.29, 0.717) is 0 Å². The second-order valence-electron chi connectivity index (χ2n) is 7.08. The minimum Gasteiger partial charge on any atom is -0.324 e. The second-order valence-corrected chi connectivity index (χ2v) is 7.08. The Morgan fingerprint density at radius 3 is 1.82 bits per heavy atom. The van der Waals surface area contributed by atoms with Crippen LogP contribution in [-0.4, -0.2) is 5.54 Å². The lowest BCUT2D eigenvalue weighted by molar-refractivity contribution is 0.381. The number of hydrogen-bond acceptors (Lipinski definition) is 1. The normalized spacial score (nSPS) is 19.2. The van der Waals surface area contributed by atoms with Crippen LogP contribution in [0.25, 0.3) is 0 Å². The molecule has 94 valence electrons. The summed E-state index contributed by atoms with van der Waals surface area (Å²) in [6, 6.07) is 8.78. The maximum Gasteiger partial charge on any atom is 0.0248 e. The van der Waals surface area contributed by atoms with Gasteiger partial charge in [-0.05, 0) is 29.4 Å². The Balaban J connectivity index is 2.53. The van der Waals surface area contributed by atoms with E-state index in [-0.39, 0.29) is 16.4 Å². The molecule has 0 spiro atoms. The van der Waals surface area contributed by atoms with Crippen molar-refractivity contribution >= 4 is 0 Å². The maximum absolute atomic E-state index is 6.47. The van der Waals surface area contributed by atoms with E-state index in [1.807, 2.05) is 0 Å². The van der Waals surface area contributed by atoms with Crippen molar-refractivity contribution in [1.82, 2.24) is 0 Å². The summed E-state index contributed by atoms with van der Waals surface area (Å²) >= 11 is 0. The number of nitrogens with two attached hydrogens (primary N) is 1. The molecule has 1 heteroatoms. The Morgan fingerprint density at radius 1 is 0.941 bits per heavy atom. The van der Waals surface area contributed by atoms with Gasteiger partial charge in [-0.25, -0.2) is 0 Å². The van der Waals surface area contributed by atoms with Crippen LogP contribution in [0, 0.1) is 0 Å². The minimum atomic E-state index is 0.00829. The van der Waals surface area contributed by atoms with Gasteiger partial charge in [-0.1, -0.05) is 58.9 Å². The fourth-order valence-corrected chi connectivity index (χ4v) is 2.71. The van der Waals surface area contributed by atoms with Crippen molar-refractivity contribution in [3.63, 3.8) is 0 Å². The van der Waals surface area contributed by atoms with Gasteiger partial charge in [-0.3, -0.25) is 0 Å². The van der Waals surface area contributed by atoms with Crippen molar-refractivity contribution < 1.29 is 0 Å². The van der Waals surface area contributed by atoms with E-state index in [1.54, 1.807) is 0 Å². The van der Waals surface area contributed by atoms with Crippen LogP contribution in [0.3, 0.4) is 0 Å². The van der Waals surface area contributed by atoms with E-state index in [1.165, 1.54) is 11.1 Å². The van der Waals surface area contributed by atoms with E-state index in [4.69, 9.17) is 5.73 Å². The van der Waals surface area contributed by atoms with Crippen LogP contribution in [0.1, 0.15) is 58.6 Å². The number of rotatable bonds is 2. The predicted octanol–water partition coefficient (Wildman–Crippen LogP) is 3.75. The van der Waals surface area contributed by atoms with Crippen LogP contribution < -0.4 is 5.73 Å². The SMILES string of the molecule is CC(C)(C)c1ccccc1C(C)(C)C1(N)CC1. The van der Waals surface area contributed by atoms with Crippen LogP contribution in [0.5, 0.6) is 0 Å². The van der Waals surface area contributed by atoms with Gasteiger partial charge in [-0.15, -0.1) is 0 Å². The first kappa shape index (κ1) is 12.6. The zero-order valence-electron chi connectivity index (χ0n) is 11.8. The van der Waals surface area contributed by atoms with E-state index in [9.17, 15) is 0 Å². The van der Waals surface area contributed by atoms with Gasteiger partial charge in [-0.2, -0.15) is 0 Å². The molecule has 0 amide bonds. The van der Waals surface area contributed by atoms with Crippen molar-refractivity contribution in [2.24, 2.45) is 5.73 Å². The summed E-state index contributed by atoms with van der Waals surface area (Å²) in [6.07, 6.45) is 2.30. The van der Waals surface area contributed by atoms with Gasteiger partial charge in [0.25, 0.3) is 0 Å². The first-order valence-electron chi connectivity index (χ1n) is 6.57. The highest BCUT2D eigenvalue weighted by atomic mass is 14.9. The molecule has 1 fully saturated rings. The average molecular weight is 231 g/mol. The zero-order valence-corrected chi connectivity index (χ0v) is 11.8. The molecule has 1 aliphatic carbocycles. The molecule has 2 rings (SSSR count). The van der Waals surface area contributed by atoms with Gasteiger partial charge in [0.05, 0.1) is 0 Å². The van der Waals surface area contributed by atoms with Gasteiger partial charge < -0.3 is 5.73 Å². The van der Waals surface area contributed by atoms with Crippen LogP contribution in [0.15, 0.2) is 24.3 Å². The largest absolute Gasteiger partial charge is 0.324 e. The maximum atomic E-state index is 6.47. The third-order valence-electron chi connectivity index (χ3n) is 4.44. The predicted molar refractivity (Wildman–Crippen MR) is 74.3 cm³/mol. The molecule has 0 atom stereocenters. The fourth-order valence-electron chi connectivity index (χ4n) is 2.71. The molecule has 1 saturated carbocycles. The molecule has 0 unspecified atom stereocenters. The van der Waals surface area contributed by atoms with Crippen molar-refractivity contribution in [2.45, 2.75) is 63.8 Å². The lowest BCUT2D eigenvalue weighted by Gasteiger charge is -2.37. The third-order valence-corrected chi connectivity index (χ3v) is 4.44. The lowest BCUT2D eigenvalue weighted by Crippen LogP contribution is -2.44. The van der Waals surface area contributed by atoms with E-state index in [2.05, 4.69) is 58.9 Å². The molecule has 0 bridgehead atoms. The Morgan fingerprint density at radius 2 is 1.41 bits per heavy atom. The van der Waals surface area contributed by atoms with E-state index < -0.39 is 0 Å². The first-order chi connectivity index (χ1) is 7.68. The molecule has 0 saturated heterocycles. The van der Waals surface area contributed by atoms with Crippen molar-refractivity contribution in [1.29, 1.82) is 0 Å². The Bertz CT molecular complexity index is 419.